The molecular weight excluding hydrogens is 316 g/mol. The van der Waals surface area contributed by atoms with Crippen molar-refractivity contribution in [3.8, 4) is 17.2 Å². The van der Waals surface area contributed by atoms with E-state index in [2.05, 4.69) is 5.32 Å². The first kappa shape index (κ1) is 18.0. The largest absolute Gasteiger partial charge is 0.493 e. The highest BCUT2D eigenvalue weighted by Gasteiger charge is 2.15. The van der Waals surface area contributed by atoms with Crippen LogP contribution in [0.15, 0.2) is 30.3 Å². The maximum atomic E-state index is 13.8. The first-order valence-corrected chi connectivity index (χ1v) is 7.47. The normalized spacial score (nSPS) is 11.9. The van der Waals surface area contributed by atoms with E-state index in [1.807, 2.05) is 19.1 Å². The van der Waals surface area contributed by atoms with E-state index in [9.17, 15) is 8.78 Å². The van der Waals surface area contributed by atoms with Crippen LogP contribution in [0.3, 0.4) is 0 Å². The Hall–Kier alpha value is -2.34. The molecule has 2 aromatic rings. The third-order valence-corrected chi connectivity index (χ3v) is 3.77. The Labute approximate surface area is 140 Å². The molecule has 130 valence electrons. The monoisotopic (exact) mass is 337 g/mol. The van der Waals surface area contributed by atoms with Crippen LogP contribution < -0.4 is 19.5 Å². The Morgan fingerprint density at radius 1 is 0.958 bits per heavy atom. The SMILES string of the molecule is COc1cc(CNC(C)c2ccc(F)cc2F)cc(OC)c1OC. The first-order chi connectivity index (χ1) is 11.5. The van der Waals surface area contributed by atoms with E-state index in [1.54, 1.807) is 14.2 Å². The fraction of sp³-hybridized carbons (Fsp3) is 0.333. The molecular formula is C18H21F2NO3. The summed E-state index contributed by atoms with van der Waals surface area (Å²) >= 11 is 0. The highest BCUT2D eigenvalue weighted by atomic mass is 19.1. The van der Waals surface area contributed by atoms with Crippen LogP contribution in [0.1, 0.15) is 24.1 Å². The number of rotatable bonds is 7. The van der Waals surface area contributed by atoms with Gasteiger partial charge in [0.2, 0.25) is 5.75 Å². The van der Waals surface area contributed by atoms with E-state index in [0.29, 0.717) is 29.4 Å². The van der Waals surface area contributed by atoms with Gasteiger partial charge in [-0.1, -0.05) is 6.07 Å². The second-order valence-electron chi connectivity index (χ2n) is 5.30. The molecule has 1 atom stereocenters. The molecule has 0 fully saturated rings. The van der Waals surface area contributed by atoms with Gasteiger partial charge in [0.05, 0.1) is 21.3 Å². The fourth-order valence-electron chi connectivity index (χ4n) is 2.47. The standard InChI is InChI=1S/C18H21F2NO3/c1-11(14-6-5-13(19)9-15(14)20)21-10-12-7-16(22-2)18(24-4)17(8-12)23-3/h5-9,11,21H,10H2,1-4H3. The van der Waals surface area contributed by atoms with Crippen molar-refractivity contribution in [2.45, 2.75) is 19.5 Å². The quantitative estimate of drug-likeness (QED) is 0.833. The second-order valence-corrected chi connectivity index (χ2v) is 5.30. The molecule has 0 aliphatic carbocycles. The van der Waals surface area contributed by atoms with Crippen molar-refractivity contribution in [3.05, 3.63) is 53.1 Å². The molecule has 24 heavy (non-hydrogen) atoms. The zero-order chi connectivity index (χ0) is 17.7. The zero-order valence-electron chi connectivity index (χ0n) is 14.2. The number of benzene rings is 2. The summed E-state index contributed by atoms with van der Waals surface area (Å²) in [6.07, 6.45) is 0. The Morgan fingerprint density at radius 2 is 1.58 bits per heavy atom. The van der Waals surface area contributed by atoms with Crippen molar-refractivity contribution in [2.24, 2.45) is 0 Å². The van der Waals surface area contributed by atoms with Gasteiger partial charge in [-0.15, -0.1) is 0 Å². The average Bonchev–Trinajstić information content (AvgIpc) is 2.58. The second kappa shape index (κ2) is 7.97. The van der Waals surface area contributed by atoms with Crippen molar-refractivity contribution in [2.75, 3.05) is 21.3 Å². The van der Waals surface area contributed by atoms with Crippen LogP contribution in [0, 0.1) is 11.6 Å². The summed E-state index contributed by atoms with van der Waals surface area (Å²) in [5.41, 5.74) is 1.29. The Morgan fingerprint density at radius 3 is 2.08 bits per heavy atom. The van der Waals surface area contributed by atoms with Gasteiger partial charge in [0, 0.05) is 24.2 Å². The minimum atomic E-state index is -0.590. The van der Waals surface area contributed by atoms with Crippen molar-refractivity contribution in [1.82, 2.24) is 5.32 Å². The van der Waals surface area contributed by atoms with E-state index in [1.165, 1.54) is 19.2 Å². The summed E-state index contributed by atoms with van der Waals surface area (Å²) in [6, 6.07) is 6.93. The number of nitrogens with one attached hydrogen (secondary N) is 1. The van der Waals surface area contributed by atoms with E-state index >= 15 is 0 Å². The summed E-state index contributed by atoms with van der Waals surface area (Å²) in [6.45, 7) is 2.27. The summed E-state index contributed by atoms with van der Waals surface area (Å²) < 4.78 is 42.7. The van der Waals surface area contributed by atoms with Crippen molar-refractivity contribution in [3.63, 3.8) is 0 Å². The minimum absolute atomic E-state index is 0.287. The first-order valence-electron chi connectivity index (χ1n) is 7.47. The molecule has 0 saturated heterocycles. The molecule has 2 rings (SSSR count). The van der Waals surface area contributed by atoms with E-state index in [4.69, 9.17) is 14.2 Å². The van der Waals surface area contributed by atoms with Crippen LogP contribution >= 0.6 is 0 Å². The van der Waals surface area contributed by atoms with Crippen molar-refractivity contribution >= 4 is 0 Å². The van der Waals surface area contributed by atoms with Crippen LogP contribution in [0.4, 0.5) is 8.78 Å². The molecule has 1 N–H and O–H groups in total. The zero-order valence-corrected chi connectivity index (χ0v) is 14.2. The summed E-state index contributed by atoms with van der Waals surface area (Å²) in [5.74, 6) is 0.456. The van der Waals surface area contributed by atoms with Crippen molar-refractivity contribution < 1.29 is 23.0 Å². The molecule has 6 heteroatoms. The Kier molecular flexibility index (Phi) is 5.98. The molecule has 0 saturated carbocycles. The summed E-state index contributed by atoms with van der Waals surface area (Å²) in [4.78, 5) is 0. The van der Waals surface area contributed by atoms with Crippen LogP contribution in [0.5, 0.6) is 17.2 Å². The fourth-order valence-corrected chi connectivity index (χ4v) is 2.47. The number of methoxy groups -OCH3 is 3. The van der Waals surface area contributed by atoms with Gasteiger partial charge in [0.25, 0.3) is 0 Å². The van der Waals surface area contributed by atoms with Gasteiger partial charge in [-0.05, 0) is 30.7 Å². The van der Waals surface area contributed by atoms with Gasteiger partial charge in [0.1, 0.15) is 11.6 Å². The van der Waals surface area contributed by atoms with Gasteiger partial charge in [-0.3, -0.25) is 0 Å². The lowest BCUT2D eigenvalue weighted by molar-refractivity contribution is 0.323. The van der Waals surface area contributed by atoms with E-state index in [0.717, 1.165) is 11.6 Å². The maximum Gasteiger partial charge on any atom is 0.203 e. The predicted octanol–water partition coefficient (Wildman–Crippen LogP) is 3.84. The molecule has 1 unspecified atom stereocenters. The van der Waals surface area contributed by atoms with Gasteiger partial charge >= 0.3 is 0 Å². The minimum Gasteiger partial charge on any atom is -0.493 e. The third kappa shape index (κ3) is 3.94. The summed E-state index contributed by atoms with van der Waals surface area (Å²) in [7, 11) is 4.63. The third-order valence-electron chi connectivity index (χ3n) is 3.77. The van der Waals surface area contributed by atoms with Crippen LogP contribution in [-0.4, -0.2) is 21.3 Å². The molecule has 2 aromatic carbocycles. The van der Waals surface area contributed by atoms with E-state index in [-0.39, 0.29) is 6.04 Å². The highest BCUT2D eigenvalue weighted by Crippen LogP contribution is 2.38. The molecule has 0 aromatic heterocycles. The highest BCUT2D eigenvalue weighted by molar-refractivity contribution is 5.53. The Bertz CT molecular complexity index is 682. The number of hydrogen-bond acceptors (Lipinski definition) is 4. The molecule has 0 aliphatic heterocycles. The molecule has 0 aliphatic rings. The molecule has 0 bridgehead atoms. The lowest BCUT2D eigenvalue weighted by Crippen LogP contribution is -2.19. The molecule has 0 amide bonds. The molecule has 0 heterocycles. The number of halogens is 2. The molecule has 4 nitrogen and oxygen atoms in total. The smallest absolute Gasteiger partial charge is 0.203 e. The van der Waals surface area contributed by atoms with Crippen LogP contribution in [0.25, 0.3) is 0 Å². The van der Waals surface area contributed by atoms with Crippen LogP contribution in [0.2, 0.25) is 0 Å². The summed E-state index contributed by atoms with van der Waals surface area (Å²) in [5, 5.41) is 3.20. The lowest BCUT2D eigenvalue weighted by Gasteiger charge is -2.17. The number of hydrogen-bond donors (Lipinski definition) is 1. The van der Waals surface area contributed by atoms with Gasteiger partial charge in [-0.25, -0.2) is 8.78 Å². The van der Waals surface area contributed by atoms with E-state index < -0.39 is 11.6 Å². The average molecular weight is 337 g/mol. The van der Waals surface area contributed by atoms with Gasteiger partial charge in [0.15, 0.2) is 11.5 Å². The molecule has 0 radical (unpaired) electrons. The topological polar surface area (TPSA) is 39.7 Å². The predicted molar refractivity (Wildman–Crippen MR) is 87.7 cm³/mol. The van der Waals surface area contributed by atoms with Gasteiger partial charge in [-0.2, -0.15) is 0 Å². The number of ether oxygens (including phenoxy) is 3. The van der Waals surface area contributed by atoms with Crippen molar-refractivity contribution in [1.29, 1.82) is 0 Å². The molecule has 0 spiro atoms. The maximum absolute atomic E-state index is 13.8. The van der Waals surface area contributed by atoms with Crippen LogP contribution in [-0.2, 0) is 6.54 Å². The lowest BCUT2D eigenvalue weighted by atomic mass is 10.1. The Balaban J connectivity index is 2.16. The van der Waals surface area contributed by atoms with Gasteiger partial charge < -0.3 is 19.5 Å².